The molecule has 1 aliphatic rings. The first-order valence-corrected chi connectivity index (χ1v) is 6.60. The Labute approximate surface area is 117 Å². The highest BCUT2D eigenvalue weighted by Crippen LogP contribution is 2.29. The van der Waals surface area contributed by atoms with Crippen LogP contribution in [0, 0.1) is 0 Å². The molecule has 19 heavy (non-hydrogen) atoms. The molecule has 104 valence electrons. The maximum atomic E-state index is 8.90. The molecule has 0 atom stereocenters. The van der Waals surface area contributed by atoms with E-state index < -0.39 is 0 Å². The van der Waals surface area contributed by atoms with E-state index >= 15 is 0 Å². The van der Waals surface area contributed by atoms with Gasteiger partial charge in [-0.25, -0.2) is 0 Å². The van der Waals surface area contributed by atoms with Crippen LogP contribution in [0.4, 0.5) is 5.69 Å². The van der Waals surface area contributed by atoms with Crippen molar-refractivity contribution in [2.24, 2.45) is 10.9 Å². The lowest BCUT2D eigenvalue weighted by molar-refractivity contribution is 0.0855. The zero-order chi connectivity index (χ0) is 13.8. The van der Waals surface area contributed by atoms with Crippen LogP contribution in [-0.2, 0) is 4.74 Å². The number of hydrogen-bond acceptors (Lipinski definition) is 4. The van der Waals surface area contributed by atoms with Crippen molar-refractivity contribution < 1.29 is 9.94 Å². The van der Waals surface area contributed by atoms with Gasteiger partial charge in [-0.05, 0) is 25.0 Å². The minimum atomic E-state index is 0.0273. The topological polar surface area (TPSA) is 71.1 Å². The van der Waals surface area contributed by atoms with Gasteiger partial charge in [-0.2, -0.15) is 0 Å². The fourth-order valence-corrected chi connectivity index (χ4v) is 2.65. The Balaban J connectivity index is 2.35. The third-order valence-electron chi connectivity index (χ3n) is 3.47. The number of nitrogens with zero attached hydrogens (tertiary/aromatic N) is 2. The Bertz CT molecular complexity index is 473. The second-order valence-corrected chi connectivity index (χ2v) is 4.98. The van der Waals surface area contributed by atoms with Crippen LogP contribution in [0.5, 0.6) is 0 Å². The molecule has 0 aromatic heterocycles. The number of anilines is 1. The van der Waals surface area contributed by atoms with E-state index in [1.165, 1.54) is 0 Å². The second kappa shape index (κ2) is 6.12. The Morgan fingerprint density at radius 3 is 2.79 bits per heavy atom. The highest BCUT2D eigenvalue weighted by Gasteiger charge is 2.22. The van der Waals surface area contributed by atoms with Crippen LogP contribution < -0.4 is 10.6 Å². The quantitative estimate of drug-likeness (QED) is 0.385. The summed E-state index contributed by atoms with van der Waals surface area (Å²) >= 11 is 6.16. The fourth-order valence-electron chi connectivity index (χ4n) is 2.38. The monoisotopic (exact) mass is 283 g/mol. The number of ether oxygens (including phenoxy) is 1. The van der Waals surface area contributed by atoms with Crippen molar-refractivity contribution in [2.45, 2.75) is 18.9 Å². The molecule has 0 amide bonds. The third-order valence-corrected chi connectivity index (χ3v) is 3.79. The summed E-state index contributed by atoms with van der Waals surface area (Å²) in [6, 6.07) is 5.89. The van der Waals surface area contributed by atoms with Crippen LogP contribution in [0.15, 0.2) is 23.4 Å². The summed E-state index contributed by atoms with van der Waals surface area (Å²) in [5, 5.41) is 12.4. The van der Waals surface area contributed by atoms with Crippen LogP contribution in [0.25, 0.3) is 0 Å². The molecule has 0 spiro atoms. The molecule has 1 aromatic carbocycles. The molecule has 1 saturated heterocycles. The highest BCUT2D eigenvalue weighted by atomic mass is 35.5. The van der Waals surface area contributed by atoms with Gasteiger partial charge in [0.15, 0.2) is 5.84 Å². The normalized spacial score (nSPS) is 17.5. The van der Waals surface area contributed by atoms with Gasteiger partial charge in [0.25, 0.3) is 0 Å². The van der Waals surface area contributed by atoms with E-state index in [2.05, 4.69) is 10.1 Å². The van der Waals surface area contributed by atoms with E-state index in [9.17, 15) is 0 Å². The Hall–Kier alpha value is -1.46. The lowest BCUT2D eigenvalue weighted by Gasteiger charge is -2.34. The molecule has 5 nitrogen and oxygen atoms in total. The van der Waals surface area contributed by atoms with Gasteiger partial charge in [-0.3, -0.25) is 0 Å². The zero-order valence-corrected chi connectivity index (χ0v) is 11.6. The predicted octanol–water partition coefficient (Wildman–Crippen LogP) is 2.05. The molecule has 2 rings (SSSR count). The molecule has 0 saturated carbocycles. The Morgan fingerprint density at radius 2 is 2.16 bits per heavy atom. The molecule has 1 fully saturated rings. The first-order chi connectivity index (χ1) is 9.15. The SMILES string of the molecule is CN(c1cccc(Cl)c1C(N)=NO)C1CCOCC1. The van der Waals surface area contributed by atoms with Gasteiger partial charge in [0.1, 0.15) is 0 Å². The summed E-state index contributed by atoms with van der Waals surface area (Å²) in [5.41, 5.74) is 7.17. The number of halogens is 1. The van der Waals surface area contributed by atoms with Crippen LogP contribution >= 0.6 is 11.6 Å². The van der Waals surface area contributed by atoms with Crippen LogP contribution in [0.1, 0.15) is 18.4 Å². The summed E-state index contributed by atoms with van der Waals surface area (Å²) in [6.07, 6.45) is 1.91. The molecule has 0 radical (unpaired) electrons. The lowest BCUT2D eigenvalue weighted by Crippen LogP contribution is -2.37. The predicted molar refractivity (Wildman–Crippen MR) is 76.2 cm³/mol. The van der Waals surface area contributed by atoms with E-state index in [0.29, 0.717) is 16.6 Å². The average Bonchev–Trinajstić information content (AvgIpc) is 2.46. The minimum Gasteiger partial charge on any atom is -0.409 e. The summed E-state index contributed by atoms with van der Waals surface area (Å²) in [7, 11) is 2.00. The van der Waals surface area contributed by atoms with Gasteiger partial charge < -0.3 is 20.6 Å². The minimum absolute atomic E-state index is 0.0273. The first kappa shape index (κ1) is 14.0. The molecule has 6 heteroatoms. The zero-order valence-electron chi connectivity index (χ0n) is 10.8. The van der Waals surface area contributed by atoms with Gasteiger partial charge in [0.05, 0.1) is 10.6 Å². The molecular formula is C13H18ClN3O2. The summed E-state index contributed by atoms with van der Waals surface area (Å²) < 4.78 is 5.37. The van der Waals surface area contributed by atoms with Crippen molar-refractivity contribution in [1.82, 2.24) is 0 Å². The van der Waals surface area contributed by atoms with Gasteiger partial charge in [-0.1, -0.05) is 22.8 Å². The van der Waals surface area contributed by atoms with Crippen LogP contribution in [0.2, 0.25) is 5.02 Å². The van der Waals surface area contributed by atoms with E-state index in [1.807, 2.05) is 19.2 Å². The van der Waals surface area contributed by atoms with Crippen LogP contribution in [0.3, 0.4) is 0 Å². The van der Waals surface area contributed by atoms with E-state index in [4.69, 9.17) is 27.3 Å². The van der Waals surface area contributed by atoms with Gasteiger partial charge >= 0.3 is 0 Å². The smallest absolute Gasteiger partial charge is 0.173 e. The molecule has 0 bridgehead atoms. The lowest BCUT2D eigenvalue weighted by atomic mass is 10.0. The summed E-state index contributed by atoms with van der Waals surface area (Å²) in [6.45, 7) is 1.52. The van der Waals surface area contributed by atoms with E-state index in [-0.39, 0.29) is 5.84 Å². The van der Waals surface area contributed by atoms with E-state index in [1.54, 1.807) is 6.07 Å². The van der Waals surface area contributed by atoms with Crippen molar-refractivity contribution in [3.8, 4) is 0 Å². The van der Waals surface area contributed by atoms with Gasteiger partial charge in [0.2, 0.25) is 0 Å². The number of benzene rings is 1. The maximum Gasteiger partial charge on any atom is 0.173 e. The van der Waals surface area contributed by atoms with Crippen molar-refractivity contribution in [3.05, 3.63) is 28.8 Å². The molecular weight excluding hydrogens is 266 g/mol. The Morgan fingerprint density at radius 1 is 1.47 bits per heavy atom. The summed E-state index contributed by atoms with van der Waals surface area (Å²) in [4.78, 5) is 2.13. The van der Waals surface area contributed by atoms with Crippen molar-refractivity contribution in [3.63, 3.8) is 0 Å². The molecule has 1 heterocycles. The number of hydrogen-bond donors (Lipinski definition) is 2. The van der Waals surface area contributed by atoms with Crippen molar-refractivity contribution in [2.75, 3.05) is 25.2 Å². The Kier molecular flexibility index (Phi) is 4.50. The summed E-state index contributed by atoms with van der Waals surface area (Å²) in [5.74, 6) is 0.0273. The van der Waals surface area contributed by atoms with Gasteiger partial charge in [-0.15, -0.1) is 0 Å². The molecule has 1 aromatic rings. The van der Waals surface area contributed by atoms with Crippen molar-refractivity contribution in [1.29, 1.82) is 0 Å². The number of rotatable bonds is 3. The first-order valence-electron chi connectivity index (χ1n) is 6.22. The van der Waals surface area contributed by atoms with Crippen LogP contribution in [-0.4, -0.2) is 37.3 Å². The second-order valence-electron chi connectivity index (χ2n) is 4.57. The number of amidine groups is 1. The average molecular weight is 284 g/mol. The standard InChI is InChI=1S/C13H18ClN3O2/c1-17(9-5-7-19-8-6-9)11-4-2-3-10(14)12(11)13(15)16-18/h2-4,9,18H,5-8H2,1H3,(H2,15,16). The highest BCUT2D eigenvalue weighted by molar-refractivity contribution is 6.34. The van der Waals surface area contributed by atoms with Crippen molar-refractivity contribution >= 4 is 23.1 Å². The molecule has 1 aliphatic heterocycles. The number of nitrogens with two attached hydrogens (primary N) is 1. The number of oxime groups is 1. The maximum absolute atomic E-state index is 8.90. The van der Waals surface area contributed by atoms with Gasteiger partial charge in [0, 0.05) is 32.0 Å². The molecule has 3 N–H and O–H groups in total. The molecule has 0 aliphatic carbocycles. The molecule has 0 unspecified atom stereocenters. The third kappa shape index (κ3) is 2.93. The largest absolute Gasteiger partial charge is 0.409 e. The fraction of sp³-hybridized carbons (Fsp3) is 0.462. The van der Waals surface area contributed by atoms with E-state index in [0.717, 1.165) is 31.7 Å².